The molecular weight excluding hydrogens is 308 g/mol. The van der Waals surface area contributed by atoms with E-state index in [4.69, 9.17) is 8.83 Å². The summed E-state index contributed by atoms with van der Waals surface area (Å²) in [5.41, 5.74) is 1.13. The molecule has 7 heteroatoms. The van der Waals surface area contributed by atoms with Crippen LogP contribution in [0.2, 0.25) is 0 Å². The maximum Gasteiger partial charge on any atom is 0.283 e. The Kier molecular flexibility index (Phi) is 3.92. The van der Waals surface area contributed by atoms with E-state index in [9.17, 15) is 5.11 Å². The van der Waals surface area contributed by atoms with Crippen molar-refractivity contribution in [3.63, 3.8) is 0 Å². The van der Waals surface area contributed by atoms with E-state index in [2.05, 4.69) is 20.0 Å². The van der Waals surface area contributed by atoms with Gasteiger partial charge in [0.05, 0.1) is 12.8 Å². The molecule has 1 aliphatic heterocycles. The second kappa shape index (κ2) is 6.37. The molecule has 3 aromatic rings. The van der Waals surface area contributed by atoms with E-state index in [0.717, 1.165) is 31.9 Å². The number of hydrogen-bond donors (Lipinski definition) is 1. The largest absolute Gasteiger partial charge is 0.508 e. The topological polar surface area (TPSA) is 78.8 Å². The predicted octanol–water partition coefficient (Wildman–Crippen LogP) is 2.36. The Morgan fingerprint density at radius 2 is 1.79 bits per heavy atom. The van der Waals surface area contributed by atoms with Crippen molar-refractivity contribution < 1.29 is 13.9 Å². The lowest BCUT2D eigenvalue weighted by molar-refractivity contribution is 0.226. The van der Waals surface area contributed by atoms with E-state index in [0.29, 0.717) is 29.8 Å². The summed E-state index contributed by atoms with van der Waals surface area (Å²) in [6.07, 6.45) is 1.59. The summed E-state index contributed by atoms with van der Waals surface area (Å²) in [6.45, 7) is 4.31. The van der Waals surface area contributed by atoms with E-state index in [1.54, 1.807) is 30.5 Å². The van der Waals surface area contributed by atoms with Gasteiger partial charge in [0.2, 0.25) is 5.89 Å². The minimum Gasteiger partial charge on any atom is -0.508 e. The molecule has 1 aliphatic rings. The third-order valence-electron chi connectivity index (χ3n) is 4.14. The predicted molar refractivity (Wildman–Crippen MR) is 87.6 cm³/mol. The molecule has 3 heterocycles. The molecule has 0 radical (unpaired) electrons. The molecule has 1 N–H and O–H groups in total. The summed E-state index contributed by atoms with van der Waals surface area (Å²) < 4.78 is 10.9. The van der Waals surface area contributed by atoms with Gasteiger partial charge >= 0.3 is 0 Å². The molecule has 0 spiro atoms. The van der Waals surface area contributed by atoms with Crippen LogP contribution in [-0.4, -0.2) is 46.4 Å². The number of nitrogens with zero attached hydrogens (tertiary/aromatic N) is 4. The maximum absolute atomic E-state index is 9.37. The van der Waals surface area contributed by atoms with Crippen molar-refractivity contribution in [1.82, 2.24) is 15.1 Å². The average Bonchev–Trinajstić information content (AvgIpc) is 3.28. The summed E-state index contributed by atoms with van der Waals surface area (Å²) >= 11 is 0. The quantitative estimate of drug-likeness (QED) is 0.788. The van der Waals surface area contributed by atoms with Gasteiger partial charge in [-0.25, -0.2) is 0 Å². The fourth-order valence-corrected chi connectivity index (χ4v) is 2.84. The van der Waals surface area contributed by atoms with Gasteiger partial charge in [0, 0.05) is 31.9 Å². The molecule has 0 bridgehead atoms. The molecule has 24 heavy (non-hydrogen) atoms. The molecule has 0 saturated carbocycles. The first kappa shape index (κ1) is 14.8. The molecule has 124 valence electrons. The van der Waals surface area contributed by atoms with Gasteiger partial charge in [0.1, 0.15) is 5.75 Å². The van der Waals surface area contributed by atoms with E-state index in [1.165, 1.54) is 0 Å². The second-order valence-corrected chi connectivity index (χ2v) is 5.76. The van der Waals surface area contributed by atoms with Gasteiger partial charge in [-0.05, 0) is 36.4 Å². The zero-order chi connectivity index (χ0) is 16.4. The Labute approximate surface area is 139 Å². The highest BCUT2D eigenvalue weighted by Crippen LogP contribution is 2.21. The number of anilines is 1. The molecule has 1 saturated heterocycles. The van der Waals surface area contributed by atoms with Crippen molar-refractivity contribution in [2.75, 3.05) is 31.1 Å². The van der Waals surface area contributed by atoms with Gasteiger partial charge in [-0.2, -0.15) is 0 Å². The van der Waals surface area contributed by atoms with Crippen molar-refractivity contribution in [2.24, 2.45) is 0 Å². The molecule has 1 fully saturated rings. The van der Waals surface area contributed by atoms with Gasteiger partial charge in [-0.1, -0.05) is 0 Å². The number of furan rings is 1. The minimum absolute atomic E-state index is 0.293. The van der Waals surface area contributed by atoms with Crippen LogP contribution in [0.4, 0.5) is 5.69 Å². The van der Waals surface area contributed by atoms with E-state index < -0.39 is 0 Å². The number of benzene rings is 1. The zero-order valence-corrected chi connectivity index (χ0v) is 13.1. The van der Waals surface area contributed by atoms with Gasteiger partial charge in [-0.3, -0.25) is 4.90 Å². The number of aromatic hydroxyl groups is 1. The molecule has 1 aromatic carbocycles. The van der Waals surface area contributed by atoms with Crippen molar-refractivity contribution in [3.8, 4) is 17.4 Å². The van der Waals surface area contributed by atoms with Gasteiger partial charge in [0.15, 0.2) is 5.76 Å². The second-order valence-electron chi connectivity index (χ2n) is 5.76. The fraction of sp³-hybridized carbons (Fsp3) is 0.294. The molecule has 0 unspecified atom stereocenters. The summed E-state index contributed by atoms with van der Waals surface area (Å²) in [5.74, 6) is 1.89. The third-order valence-corrected chi connectivity index (χ3v) is 4.14. The van der Waals surface area contributed by atoms with Crippen molar-refractivity contribution in [3.05, 3.63) is 48.6 Å². The van der Waals surface area contributed by atoms with Crippen LogP contribution in [0.15, 0.2) is 51.5 Å². The first-order chi connectivity index (χ1) is 11.8. The lowest BCUT2D eigenvalue weighted by Gasteiger charge is -2.35. The minimum atomic E-state index is 0.293. The van der Waals surface area contributed by atoms with Crippen molar-refractivity contribution in [1.29, 1.82) is 0 Å². The van der Waals surface area contributed by atoms with Crippen LogP contribution < -0.4 is 4.90 Å². The fourth-order valence-electron chi connectivity index (χ4n) is 2.84. The highest BCUT2D eigenvalue weighted by Gasteiger charge is 2.20. The van der Waals surface area contributed by atoms with Crippen LogP contribution >= 0.6 is 0 Å². The molecule has 0 atom stereocenters. The molecule has 7 nitrogen and oxygen atoms in total. The molecule has 0 aliphatic carbocycles. The van der Waals surface area contributed by atoms with Gasteiger partial charge < -0.3 is 18.8 Å². The number of hydrogen-bond acceptors (Lipinski definition) is 7. The van der Waals surface area contributed by atoms with Crippen LogP contribution in [-0.2, 0) is 6.54 Å². The van der Waals surface area contributed by atoms with Crippen molar-refractivity contribution >= 4 is 5.69 Å². The summed E-state index contributed by atoms with van der Waals surface area (Å²) in [6, 6.07) is 10.9. The first-order valence-electron chi connectivity index (χ1n) is 7.90. The SMILES string of the molecule is Oc1ccc(N2CCN(Cc3nnc(-c4ccco4)o3)CC2)cc1. The van der Waals surface area contributed by atoms with Gasteiger partial charge in [-0.15, -0.1) is 10.2 Å². The maximum atomic E-state index is 9.37. The van der Waals surface area contributed by atoms with Crippen LogP contribution in [0.3, 0.4) is 0 Å². The normalized spacial score (nSPS) is 15.8. The average molecular weight is 326 g/mol. The zero-order valence-electron chi connectivity index (χ0n) is 13.1. The molecular formula is C17H18N4O3. The van der Waals surface area contributed by atoms with Crippen molar-refractivity contribution in [2.45, 2.75) is 6.54 Å². The number of piperazine rings is 1. The van der Waals surface area contributed by atoms with Crippen LogP contribution in [0.5, 0.6) is 5.75 Å². The number of phenols is 1. The standard InChI is InChI=1S/C17H18N4O3/c22-14-5-3-13(4-6-14)21-9-7-20(8-10-21)12-16-18-19-17(24-16)15-2-1-11-23-15/h1-6,11,22H,7-10,12H2. The number of rotatable bonds is 4. The van der Waals surface area contributed by atoms with Crippen LogP contribution in [0.1, 0.15) is 5.89 Å². The lowest BCUT2D eigenvalue weighted by Crippen LogP contribution is -2.46. The molecule has 4 rings (SSSR count). The number of phenolic OH excluding ortho intramolecular Hbond substituents is 1. The molecule has 0 amide bonds. The van der Waals surface area contributed by atoms with E-state index in [1.807, 2.05) is 12.1 Å². The Bertz CT molecular complexity index is 775. The smallest absolute Gasteiger partial charge is 0.283 e. The monoisotopic (exact) mass is 326 g/mol. The highest BCUT2D eigenvalue weighted by molar-refractivity contribution is 5.49. The van der Waals surface area contributed by atoms with E-state index in [-0.39, 0.29) is 0 Å². The Balaban J connectivity index is 1.34. The number of aromatic nitrogens is 2. The van der Waals surface area contributed by atoms with E-state index >= 15 is 0 Å². The first-order valence-corrected chi connectivity index (χ1v) is 7.90. The summed E-state index contributed by atoms with van der Waals surface area (Å²) in [7, 11) is 0. The lowest BCUT2D eigenvalue weighted by atomic mass is 10.2. The summed E-state index contributed by atoms with van der Waals surface area (Å²) in [4.78, 5) is 4.59. The Morgan fingerprint density at radius 3 is 2.50 bits per heavy atom. The molecule has 2 aromatic heterocycles. The van der Waals surface area contributed by atoms with Crippen LogP contribution in [0.25, 0.3) is 11.7 Å². The summed E-state index contributed by atoms with van der Waals surface area (Å²) in [5, 5.41) is 17.5. The third kappa shape index (κ3) is 3.11. The Morgan fingerprint density at radius 1 is 1.00 bits per heavy atom. The highest BCUT2D eigenvalue weighted by atomic mass is 16.4. The van der Waals surface area contributed by atoms with Gasteiger partial charge in [0.25, 0.3) is 5.89 Å². The Hall–Kier alpha value is -2.80. The van der Waals surface area contributed by atoms with Crippen LogP contribution in [0, 0.1) is 0 Å².